The van der Waals surface area contributed by atoms with Crippen LogP contribution in [0.3, 0.4) is 0 Å². The molecule has 0 saturated heterocycles. The molecular formula is C37H35N3O5. The summed E-state index contributed by atoms with van der Waals surface area (Å²) >= 11 is 0. The molecule has 0 bridgehead atoms. The van der Waals surface area contributed by atoms with E-state index in [4.69, 9.17) is 14.2 Å². The molecule has 0 spiro atoms. The summed E-state index contributed by atoms with van der Waals surface area (Å²) < 4.78 is 17.8. The first-order valence-electron chi connectivity index (χ1n) is 14.4. The SMILES string of the molecule is COc1ccc(C(OC(C)(CO)C(=O)Nc2ccc(N=Nc3ccccc3)cc2)(c2ccccc2)c2ccc(OC)cc2)cc1. The molecule has 2 N–H and O–H groups in total. The summed E-state index contributed by atoms with van der Waals surface area (Å²) in [6, 6.07) is 40.9. The number of carbonyl (C=O) groups excluding carboxylic acids is 1. The first-order chi connectivity index (χ1) is 21.9. The van der Waals surface area contributed by atoms with Gasteiger partial charge in [0.25, 0.3) is 5.91 Å². The molecule has 0 aliphatic carbocycles. The standard InChI is InChI=1S/C37H35N3O5/c1-36(26-41,35(42)38-30-18-20-32(21-19-30)40-39-31-12-8-5-9-13-31)45-37(27-10-6-4-7-11-27,28-14-22-33(43-2)23-15-28)29-16-24-34(44-3)25-17-29/h4-25,41H,26H2,1-3H3,(H,38,42). The molecule has 5 aromatic rings. The number of amides is 1. The van der Waals surface area contributed by atoms with Crippen molar-refractivity contribution in [3.05, 3.63) is 150 Å². The van der Waals surface area contributed by atoms with Crippen LogP contribution in [0.5, 0.6) is 11.5 Å². The van der Waals surface area contributed by atoms with Crippen LogP contribution in [0.15, 0.2) is 144 Å². The van der Waals surface area contributed by atoms with Crippen LogP contribution in [0.4, 0.5) is 17.1 Å². The van der Waals surface area contributed by atoms with Crippen molar-refractivity contribution < 1.29 is 24.1 Å². The van der Waals surface area contributed by atoms with Gasteiger partial charge >= 0.3 is 0 Å². The number of benzene rings is 5. The van der Waals surface area contributed by atoms with Crippen molar-refractivity contribution in [2.75, 3.05) is 26.1 Å². The minimum Gasteiger partial charge on any atom is -0.497 e. The predicted molar refractivity (Wildman–Crippen MR) is 175 cm³/mol. The van der Waals surface area contributed by atoms with Crippen LogP contribution < -0.4 is 14.8 Å². The molecule has 8 heteroatoms. The second kappa shape index (κ2) is 14.0. The zero-order chi connectivity index (χ0) is 31.7. The zero-order valence-corrected chi connectivity index (χ0v) is 25.4. The number of nitrogens with one attached hydrogen (secondary N) is 1. The van der Waals surface area contributed by atoms with Gasteiger partial charge in [0.05, 0.1) is 32.2 Å². The quantitative estimate of drug-likeness (QED) is 0.112. The summed E-state index contributed by atoms with van der Waals surface area (Å²) in [7, 11) is 3.20. The van der Waals surface area contributed by atoms with E-state index in [2.05, 4.69) is 15.5 Å². The topological polar surface area (TPSA) is 102 Å². The van der Waals surface area contributed by atoms with Crippen molar-refractivity contribution in [1.82, 2.24) is 0 Å². The highest BCUT2D eigenvalue weighted by atomic mass is 16.5. The molecule has 228 valence electrons. The Bertz CT molecular complexity index is 1660. The molecule has 5 aromatic carbocycles. The minimum atomic E-state index is -1.69. The fraction of sp³-hybridized carbons (Fsp3) is 0.162. The number of azo groups is 1. The van der Waals surface area contributed by atoms with E-state index in [1.54, 1.807) is 45.4 Å². The van der Waals surface area contributed by atoms with Gasteiger partial charge in [-0.1, -0.05) is 72.8 Å². The molecule has 0 heterocycles. The van der Waals surface area contributed by atoms with Gasteiger partial charge in [0.2, 0.25) is 0 Å². The molecular weight excluding hydrogens is 566 g/mol. The van der Waals surface area contributed by atoms with Crippen LogP contribution in [0.25, 0.3) is 0 Å². The van der Waals surface area contributed by atoms with Gasteiger partial charge in [-0.3, -0.25) is 4.79 Å². The normalized spacial score (nSPS) is 12.8. The number of methoxy groups -OCH3 is 2. The fourth-order valence-electron chi connectivity index (χ4n) is 4.97. The van der Waals surface area contributed by atoms with Gasteiger partial charge in [-0.2, -0.15) is 10.2 Å². The van der Waals surface area contributed by atoms with Crippen LogP contribution in [-0.2, 0) is 15.1 Å². The van der Waals surface area contributed by atoms with Crippen molar-refractivity contribution in [3.8, 4) is 11.5 Å². The third-order valence-corrected chi connectivity index (χ3v) is 7.50. The molecule has 8 nitrogen and oxygen atoms in total. The van der Waals surface area contributed by atoms with E-state index in [1.165, 1.54) is 0 Å². The summed E-state index contributed by atoms with van der Waals surface area (Å²) in [4.78, 5) is 14.0. The van der Waals surface area contributed by atoms with Crippen molar-refractivity contribution in [2.45, 2.75) is 18.1 Å². The molecule has 0 fully saturated rings. The lowest BCUT2D eigenvalue weighted by Gasteiger charge is -2.42. The summed E-state index contributed by atoms with van der Waals surface area (Å²) in [5.41, 5.74) is 1.11. The molecule has 1 unspecified atom stereocenters. The van der Waals surface area contributed by atoms with Crippen molar-refractivity contribution in [3.63, 3.8) is 0 Å². The Morgan fingerprint density at radius 2 is 1.09 bits per heavy atom. The van der Waals surface area contributed by atoms with E-state index in [0.29, 0.717) is 22.9 Å². The monoisotopic (exact) mass is 601 g/mol. The molecule has 0 aliphatic heterocycles. The third kappa shape index (κ3) is 6.93. The second-order valence-corrected chi connectivity index (χ2v) is 10.5. The number of anilines is 1. The fourth-order valence-corrected chi connectivity index (χ4v) is 4.97. The number of ether oxygens (including phenoxy) is 3. The number of aliphatic hydroxyl groups is 1. The summed E-state index contributed by atoms with van der Waals surface area (Å²) in [5, 5.41) is 22.2. The van der Waals surface area contributed by atoms with Gasteiger partial charge in [0, 0.05) is 5.69 Å². The molecule has 0 saturated carbocycles. The maximum Gasteiger partial charge on any atom is 0.258 e. The van der Waals surface area contributed by atoms with E-state index in [9.17, 15) is 9.90 Å². The largest absolute Gasteiger partial charge is 0.497 e. The Morgan fingerprint density at radius 3 is 1.56 bits per heavy atom. The van der Waals surface area contributed by atoms with Crippen LogP contribution in [0.1, 0.15) is 23.6 Å². The molecule has 0 aliphatic rings. The van der Waals surface area contributed by atoms with Crippen molar-refractivity contribution in [1.29, 1.82) is 0 Å². The Balaban J connectivity index is 1.51. The maximum atomic E-state index is 14.0. The van der Waals surface area contributed by atoms with E-state index in [1.807, 2.05) is 109 Å². The van der Waals surface area contributed by atoms with Crippen LogP contribution in [0.2, 0.25) is 0 Å². The van der Waals surface area contributed by atoms with Gasteiger partial charge in [-0.15, -0.1) is 0 Å². The lowest BCUT2D eigenvalue weighted by molar-refractivity contribution is -0.163. The number of aliphatic hydroxyl groups excluding tert-OH is 1. The average Bonchev–Trinajstić information content (AvgIpc) is 3.11. The van der Waals surface area contributed by atoms with E-state index >= 15 is 0 Å². The highest BCUT2D eigenvalue weighted by Crippen LogP contribution is 2.44. The highest BCUT2D eigenvalue weighted by molar-refractivity contribution is 5.97. The molecule has 0 radical (unpaired) electrons. The Labute approximate surface area is 263 Å². The van der Waals surface area contributed by atoms with Crippen molar-refractivity contribution in [2.24, 2.45) is 10.2 Å². The minimum absolute atomic E-state index is 0.515. The second-order valence-electron chi connectivity index (χ2n) is 10.5. The molecule has 1 amide bonds. The van der Waals surface area contributed by atoms with Gasteiger partial charge in [-0.05, 0) is 84.3 Å². The number of rotatable bonds is 12. The van der Waals surface area contributed by atoms with Gasteiger partial charge in [0.1, 0.15) is 17.1 Å². The lowest BCUT2D eigenvalue weighted by atomic mass is 9.79. The van der Waals surface area contributed by atoms with Crippen molar-refractivity contribution >= 4 is 23.0 Å². The van der Waals surface area contributed by atoms with Crippen LogP contribution >= 0.6 is 0 Å². The van der Waals surface area contributed by atoms with E-state index < -0.39 is 23.7 Å². The molecule has 5 rings (SSSR count). The van der Waals surface area contributed by atoms with Gasteiger partial charge in [-0.25, -0.2) is 0 Å². The number of carbonyl (C=O) groups is 1. The Morgan fingerprint density at radius 1 is 0.644 bits per heavy atom. The summed E-state index contributed by atoms with van der Waals surface area (Å²) in [6.45, 7) is 0.985. The van der Waals surface area contributed by atoms with Crippen LogP contribution in [-0.4, -0.2) is 37.4 Å². The number of nitrogens with zero attached hydrogens (tertiary/aromatic N) is 2. The van der Waals surface area contributed by atoms with E-state index in [-0.39, 0.29) is 0 Å². The first-order valence-corrected chi connectivity index (χ1v) is 14.4. The van der Waals surface area contributed by atoms with Gasteiger partial charge in [0.15, 0.2) is 5.60 Å². The predicted octanol–water partition coefficient (Wildman–Crippen LogP) is 7.82. The molecule has 0 aromatic heterocycles. The van der Waals surface area contributed by atoms with E-state index in [0.717, 1.165) is 22.4 Å². The van der Waals surface area contributed by atoms with Gasteiger partial charge < -0.3 is 24.6 Å². The third-order valence-electron chi connectivity index (χ3n) is 7.50. The smallest absolute Gasteiger partial charge is 0.258 e. The molecule has 1 atom stereocenters. The Hall–Kier alpha value is -5.31. The lowest BCUT2D eigenvalue weighted by Crippen LogP contribution is -2.52. The highest BCUT2D eigenvalue weighted by Gasteiger charge is 2.47. The first kappa shape index (κ1) is 31.1. The van der Waals surface area contributed by atoms with Crippen LogP contribution in [0, 0.1) is 0 Å². The molecule has 45 heavy (non-hydrogen) atoms. The average molecular weight is 602 g/mol. The zero-order valence-electron chi connectivity index (χ0n) is 25.4. The summed E-state index contributed by atoms with van der Waals surface area (Å²) in [6.07, 6.45) is 0. The summed E-state index contributed by atoms with van der Waals surface area (Å²) in [5.74, 6) is 0.820. The maximum absolute atomic E-state index is 14.0. The number of hydrogen-bond acceptors (Lipinski definition) is 7. The Kier molecular flexibility index (Phi) is 9.67. The number of hydrogen-bond donors (Lipinski definition) is 2.